The molecule has 0 bridgehead atoms. The van der Waals surface area contributed by atoms with Crippen LogP contribution in [0.1, 0.15) is 296 Å². The van der Waals surface area contributed by atoms with Crippen LogP contribution in [0.15, 0.2) is 85.1 Å². The molecule has 0 aromatic heterocycles. The SMILES string of the molecule is CC/C=C\C/C=C\C/C=C\C/C=C\CCCCCCCCCCCCCCCCCCCCCCCCCCCCCCC(=O)OC(CO)COC(=O)CCCCCCC/C=C\C/C=C\C/C=C\CC. The van der Waals surface area contributed by atoms with Crippen LogP contribution in [0.5, 0.6) is 0 Å². The van der Waals surface area contributed by atoms with Gasteiger partial charge in [-0.2, -0.15) is 0 Å². The van der Waals surface area contributed by atoms with E-state index in [9.17, 15) is 14.7 Å². The molecule has 0 spiro atoms. The number of hydrogen-bond acceptors (Lipinski definition) is 5. The molecular formula is C65H114O5. The van der Waals surface area contributed by atoms with Gasteiger partial charge in [0.05, 0.1) is 6.61 Å². The summed E-state index contributed by atoms with van der Waals surface area (Å²) in [6.45, 7) is 3.92. The van der Waals surface area contributed by atoms with E-state index in [4.69, 9.17) is 9.47 Å². The van der Waals surface area contributed by atoms with Crippen LogP contribution in [0.2, 0.25) is 0 Å². The summed E-state index contributed by atoms with van der Waals surface area (Å²) in [6.07, 6.45) is 84.6. The number of esters is 2. The summed E-state index contributed by atoms with van der Waals surface area (Å²) in [7, 11) is 0. The van der Waals surface area contributed by atoms with Gasteiger partial charge in [-0.25, -0.2) is 0 Å². The molecule has 5 heteroatoms. The fourth-order valence-electron chi connectivity index (χ4n) is 8.74. The third-order valence-electron chi connectivity index (χ3n) is 13.2. The van der Waals surface area contributed by atoms with E-state index in [2.05, 4.69) is 98.9 Å². The number of aliphatic hydroxyl groups is 1. The molecule has 0 radical (unpaired) electrons. The molecule has 0 heterocycles. The summed E-state index contributed by atoms with van der Waals surface area (Å²) in [6, 6.07) is 0. The average molecular weight is 976 g/mol. The number of unbranched alkanes of at least 4 members (excludes halogenated alkanes) is 33. The Balaban J connectivity index is 3.38. The second kappa shape index (κ2) is 60.4. The predicted octanol–water partition coefficient (Wildman–Crippen LogP) is 20.5. The van der Waals surface area contributed by atoms with Crippen molar-refractivity contribution in [2.24, 2.45) is 0 Å². The number of carbonyl (C=O) groups excluding carboxylic acids is 2. The lowest BCUT2D eigenvalue weighted by Crippen LogP contribution is -2.28. The highest BCUT2D eigenvalue weighted by Crippen LogP contribution is 2.17. The second-order valence-electron chi connectivity index (χ2n) is 20.0. The lowest BCUT2D eigenvalue weighted by molar-refractivity contribution is -0.161. The first-order valence-electron chi connectivity index (χ1n) is 30.1. The minimum absolute atomic E-state index is 0.0742. The van der Waals surface area contributed by atoms with Gasteiger partial charge < -0.3 is 14.6 Å². The summed E-state index contributed by atoms with van der Waals surface area (Å²) in [4.78, 5) is 24.5. The number of aliphatic hydroxyl groups excluding tert-OH is 1. The molecule has 0 amide bonds. The fourth-order valence-corrected chi connectivity index (χ4v) is 8.74. The highest BCUT2D eigenvalue weighted by Gasteiger charge is 2.16. The highest BCUT2D eigenvalue weighted by molar-refractivity contribution is 5.70. The van der Waals surface area contributed by atoms with Crippen molar-refractivity contribution in [2.45, 2.75) is 302 Å². The summed E-state index contributed by atoms with van der Waals surface area (Å²) in [5.74, 6) is -0.602. The lowest BCUT2D eigenvalue weighted by atomic mass is 10.0. The van der Waals surface area contributed by atoms with E-state index in [0.29, 0.717) is 12.8 Å². The minimum atomic E-state index is -0.780. The van der Waals surface area contributed by atoms with Crippen LogP contribution in [0.4, 0.5) is 0 Å². The fraction of sp³-hybridized carbons (Fsp3) is 0.754. The Hall–Kier alpha value is -2.92. The number of ether oxygens (including phenoxy) is 2. The van der Waals surface area contributed by atoms with Crippen LogP contribution in [-0.2, 0) is 19.1 Å². The zero-order chi connectivity index (χ0) is 50.6. The summed E-state index contributed by atoms with van der Waals surface area (Å²) in [5, 5.41) is 9.64. The Morgan fingerprint density at radius 2 is 0.571 bits per heavy atom. The Morgan fingerprint density at radius 3 is 0.857 bits per heavy atom. The van der Waals surface area contributed by atoms with E-state index in [0.717, 1.165) is 96.3 Å². The molecule has 404 valence electrons. The van der Waals surface area contributed by atoms with E-state index in [1.54, 1.807) is 0 Å². The molecule has 0 aromatic rings. The van der Waals surface area contributed by atoms with Crippen molar-refractivity contribution in [2.75, 3.05) is 13.2 Å². The van der Waals surface area contributed by atoms with E-state index in [-0.39, 0.29) is 25.2 Å². The van der Waals surface area contributed by atoms with Crippen molar-refractivity contribution in [3.63, 3.8) is 0 Å². The summed E-state index contributed by atoms with van der Waals surface area (Å²) >= 11 is 0. The maximum atomic E-state index is 12.3. The second-order valence-corrected chi connectivity index (χ2v) is 20.0. The van der Waals surface area contributed by atoms with Gasteiger partial charge in [-0.05, 0) is 83.5 Å². The van der Waals surface area contributed by atoms with Gasteiger partial charge in [0.25, 0.3) is 0 Å². The molecule has 0 aliphatic carbocycles. The Bertz CT molecular complexity index is 1290. The molecule has 1 N–H and O–H groups in total. The number of rotatable bonds is 55. The van der Waals surface area contributed by atoms with Crippen molar-refractivity contribution in [1.82, 2.24) is 0 Å². The zero-order valence-electron chi connectivity index (χ0n) is 46.3. The molecule has 0 aromatic carbocycles. The van der Waals surface area contributed by atoms with Crippen LogP contribution in [-0.4, -0.2) is 36.4 Å². The van der Waals surface area contributed by atoms with Gasteiger partial charge in [-0.1, -0.05) is 285 Å². The van der Waals surface area contributed by atoms with Gasteiger partial charge in [-0.3, -0.25) is 9.59 Å². The number of hydrogen-bond donors (Lipinski definition) is 1. The third-order valence-corrected chi connectivity index (χ3v) is 13.2. The topological polar surface area (TPSA) is 72.8 Å². The molecule has 0 rings (SSSR count). The first-order valence-corrected chi connectivity index (χ1v) is 30.1. The summed E-state index contributed by atoms with van der Waals surface area (Å²) < 4.78 is 10.7. The lowest BCUT2D eigenvalue weighted by Gasteiger charge is -2.15. The standard InChI is InChI=1S/C65H114O5/c1-3-5-7-9-11-13-15-17-19-20-21-22-23-24-25-26-27-28-29-30-31-32-33-34-35-36-37-38-39-40-41-42-43-44-46-48-50-52-54-56-58-60-65(68)70-63(61-66)62-69-64(67)59-57-55-53-51-49-47-45-18-16-14-12-10-8-6-4-2/h5-8,11-14,17-19,21-22,45,63,66H,3-4,9-10,15-16,20,23-44,46-62H2,1-2H3/b7-5-,8-6-,13-11-,14-12-,19-17-,22-21-,45-18-. The van der Waals surface area contributed by atoms with Gasteiger partial charge in [0, 0.05) is 12.8 Å². The van der Waals surface area contributed by atoms with Gasteiger partial charge in [0.2, 0.25) is 0 Å². The van der Waals surface area contributed by atoms with Crippen molar-refractivity contribution in [3.05, 3.63) is 85.1 Å². The van der Waals surface area contributed by atoms with Crippen LogP contribution < -0.4 is 0 Å². The normalized spacial score (nSPS) is 12.8. The van der Waals surface area contributed by atoms with Crippen LogP contribution in [0.25, 0.3) is 0 Å². The first kappa shape index (κ1) is 67.1. The first-order chi connectivity index (χ1) is 34.6. The molecule has 70 heavy (non-hydrogen) atoms. The van der Waals surface area contributed by atoms with Crippen LogP contribution >= 0.6 is 0 Å². The van der Waals surface area contributed by atoms with Gasteiger partial charge in [0.1, 0.15) is 6.61 Å². The van der Waals surface area contributed by atoms with E-state index in [1.165, 1.54) is 173 Å². The third kappa shape index (κ3) is 57.7. The number of allylic oxidation sites excluding steroid dienone is 14. The van der Waals surface area contributed by atoms with Crippen LogP contribution in [0.3, 0.4) is 0 Å². The summed E-state index contributed by atoms with van der Waals surface area (Å²) in [5.41, 5.74) is 0. The van der Waals surface area contributed by atoms with Gasteiger partial charge >= 0.3 is 11.9 Å². The van der Waals surface area contributed by atoms with Crippen molar-refractivity contribution in [3.8, 4) is 0 Å². The Kier molecular flexibility index (Phi) is 57.9. The van der Waals surface area contributed by atoms with Crippen LogP contribution in [0, 0.1) is 0 Å². The molecule has 0 aliphatic heterocycles. The maximum absolute atomic E-state index is 12.3. The molecule has 5 nitrogen and oxygen atoms in total. The monoisotopic (exact) mass is 975 g/mol. The van der Waals surface area contributed by atoms with Crippen molar-refractivity contribution in [1.29, 1.82) is 0 Å². The maximum Gasteiger partial charge on any atom is 0.306 e. The minimum Gasteiger partial charge on any atom is -0.462 e. The van der Waals surface area contributed by atoms with Crippen molar-refractivity contribution >= 4 is 11.9 Å². The van der Waals surface area contributed by atoms with Gasteiger partial charge in [0.15, 0.2) is 6.10 Å². The Morgan fingerprint density at radius 1 is 0.329 bits per heavy atom. The molecule has 1 atom stereocenters. The molecule has 0 fully saturated rings. The quantitative estimate of drug-likeness (QED) is 0.0373. The Labute approximate surface area is 435 Å². The smallest absolute Gasteiger partial charge is 0.306 e. The van der Waals surface area contributed by atoms with E-state index in [1.807, 2.05) is 0 Å². The van der Waals surface area contributed by atoms with E-state index >= 15 is 0 Å². The molecule has 0 saturated heterocycles. The average Bonchev–Trinajstić information content (AvgIpc) is 3.36. The van der Waals surface area contributed by atoms with Gasteiger partial charge in [-0.15, -0.1) is 0 Å². The largest absolute Gasteiger partial charge is 0.462 e. The molecule has 1 unspecified atom stereocenters. The molecule has 0 aliphatic rings. The zero-order valence-corrected chi connectivity index (χ0v) is 46.3. The van der Waals surface area contributed by atoms with Crippen molar-refractivity contribution < 1.29 is 24.2 Å². The van der Waals surface area contributed by atoms with E-state index < -0.39 is 6.10 Å². The molecular weight excluding hydrogens is 861 g/mol. The molecule has 0 saturated carbocycles. The number of carbonyl (C=O) groups is 2. The highest BCUT2D eigenvalue weighted by atomic mass is 16.6. The predicted molar refractivity (Wildman–Crippen MR) is 306 cm³/mol.